The maximum atomic E-state index is 3.74. The van der Waals surface area contributed by atoms with Crippen LogP contribution in [-0.4, -0.2) is 0 Å². The van der Waals surface area contributed by atoms with Gasteiger partial charge in [0.05, 0.1) is 0 Å². The van der Waals surface area contributed by atoms with Crippen molar-refractivity contribution in [2.75, 3.05) is 0 Å². The summed E-state index contributed by atoms with van der Waals surface area (Å²) in [5.74, 6) is 0. The normalized spacial score (nSPS) is 12.8. The molecule has 0 bridgehead atoms. The van der Waals surface area contributed by atoms with Crippen molar-refractivity contribution in [3.63, 3.8) is 0 Å². The summed E-state index contributed by atoms with van der Waals surface area (Å²) in [7, 11) is 0. The molecule has 0 fully saturated rings. The molecule has 0 spiro atoms. The average molecular weight is 248 g/mol. The van der Waals surface area contributed by atoms with Gasteiger partial charge in [-0.1, -0.05) is 75.1 Å². The second-order valence-corrected chi connectivity index (χ2v) is 4.34. The Morgan fingerprint density at radius 2 is 1.58 bits per heavy atom. The van der Waals surface area contributed by atoms with Crippen molar-refractivity contribution in [2.45, 2.75) is 20.8 Å². The summed E-state index contributed by atoms with van der Waals surface area (Å²) in [6, 6.07) is 13.0. The van der Waals surface area contributed by atoms with Crippen LogP contribution in [0.15, 0.2) is 61.2 Å². The molecule has 0 heteroatoms. The van der Waals surface area contributed by atoms with E-state index in [1.807, 2.05) is 26.0 Å². The molecule has 1 aliphatic carbocycles. The third-order valence-corrected chi connectivity index (χ3v) is 3.40. The van der Waals surface area contributed by atoms with Gasteiger partial charge in [0.15, 0.2) is 0 Å². The zero-order chi connectivity index (χ0) is 13.8. The quantitative estimate of drug-likeness (QED) is 0.584. The molecule has 0 unspecified atom stereocenters. The van der Waals surface area contributed by atoms with Gasteiger partial charge in [0, 0.05) is 0 Å². The van der Waals surface area contributed by atoms with Crippen molar-refractivity contribution < 1.29 is 0 Å². The second-order valence-electron chi connectivity index (χ2n) is 4.34. The van der Waals surface area contributed by atoms with Crippen LogP contribution in [0.4, 0.5) is 0 Å². The molecular formula is C19H20. The monoisotopic (exact) mass is 248 g/mol. The molecule has 0 saturated heterocycles. The van der Waals surface area contributed by atoms with Crippen LogP contribution in [0.2, 0.25) is 0 Å². The van der Waals surface area contributed by atoms with Crippen LogP contribution in [0.3, 0.4) is 0 Å². The molecule has 0 N–H and O–H groups in total. The van der Waals surface area contributed by atoms with Crippen LogP contribution in [0.1, 0.15) is 31.9 Å². The van der Waals surface area contributed by atoms with Gasteiger partial charge >= 0.3 is 0 Å². The van der Waals surface area contributed by atoms with Gasteiger partial charge in [-0.25, -0.2) is 0 Å². The van der Waals surface area contributed by atoms with E-state index in [0.29, 0.717) is 0 Å². The van der Waals surface area contributed by atoms with E-state index in [4.69, 9.17) is 0 Å². The van der Waals surface area contributed by atoms with E-state index in [1.54, 1.807) is 0 Å². The minimum Gasteiger partial charge on any atom is -0.0991 e. The maximum Gasteiger partial charge on any atom is -0.00299 e. The van der Waals surface area contributed by atoms with Gasteiger partial charge in [0.1, 0.15) is 0 Å². The molecule has 0 saturated carbocycles. The fraction of sp³-hybridized carbons (Fsp3) is 0.158. The average Bonchev–Trinajstić information content (AvgIpc) is 2.75. The van der Waals surface area contributed by atoms with E-state index in [0.717, 1.165) is 0 Å². The van der Waals surface area contributed by atoms with Gasteiger partial charge < -0.3 is 0 Å². The minimum absolute atomic E-state index is 1.32. The first-order valence-electron chi connectivity index (χ1n) is 6.85. The van der Waals surface area contributed by atoms with Gasteiger partial charge in [-0.2, -0.15) is 0 Å². The summed E-state index contributed by atoms with van der Waals surface area (Å²) in [5.41, 5.74) is 5.38. The van der Waals surface area contributed by atoms with Gasteiger partial charge in [0.25, 0.3) is 0 Å². The zero-order valence-corrected chi connectivity index (χ0v) is 11.9. The van der Waals surface area contributed by atoms with Crippen LogP contribution in [0, 0.1) is 0 Å². The summed E-state index contributed by atoms with van der Waals surface area (Å²) in [4.78, 5) is 0. The van der Waals surface area contributed by atoms with Crippen LogP contribution in [0.25, 0.3) is 21.9 Å². The van der Waals surface area contributed by atoms with Crippen molar-refractivity contribution in [1.82, 2.24) is 0 Å². The Morgan fingerprint density at radius 1 is 0.947 bits per heavy atom. The first kappa shape index (κ1) is 13.4. The zero-order valence-electron chi connectivity index (χ0n) is 11.9. The summed E-state index contributed by atoms with van der Waals surface area (Å²) >= 11 is 0. The molecule has 2 aromatic rings. The van der Waals surface area contributed by atoms with Crippen molar-refractivity contribution in [1.29, 1.82) is 0 Å². The predicted octanol–water partition coefficient (Wildman–Crippen LogP) is 5.85. The van der Waals surface area contributed by atoms with E-state index in [2.05, 4.69) is 56.0 Å². The first-order valence-corrected chi connectivity index (χ1v) is 6.85. The molecular weight excluding hydrogens is 228 g/mol. The van der Waals surface area contributed by atoms with E-state index >= 15 is 0 Å². The Hall–Kier alpha value is -2.08. The minimum atomic E-state index is 1.32. The summed E-state index contributed by atoms with van der Waals surface area (Å²) < 4.78 is 0. The van der Waals surface area contributed by atoms with Crippen LogP contribution >= 0.6 is 0 Å². The van der Waals surface area contributed by atoms with Gasteiger partial charge in [-0.05, 0) is 40.0 Å². The lowest BCUT2D eigenvalue weighted by Crippen LogP contribution is -1.79. The SMILES string of the molecule is C=C/C=C\C1=C(C)c2cccc3cccc1c23.CC. The highest BCUT2D eigenvalue weighted by Crippen LogP contribution is 2.42. The van der Waals surface area contributed by atoms with E-state index in [1.165, 1.54) is 33.0 Å². The van der Waals surface area contributed by atoms with Crippen molar-refractivity contribution in [3.05, 3.63) is 72.3 Å². The number of allylic oxidation sites excluding steroid dienone is 5. The van der Waals surface area contributed by atoms with Crippen LogP contribution in [-0.2, 0) is 0 Å². The van der Waals surface area contributed by atoms with Crippen molar-refractivity contribution in [3.8, 4) is 0 Å². The van der Waals surface area contributed by atoms with Gasteiger partial charge in [0.2, 0.25) is 0 Å². The van der Waals surface area contributed by atoms with E-state index in [-0.39, 0.29) is 0 Å². The highest BCUT2D eigenvalue weighted by Gasteiger charge is 2.18. The lowest BCUT2D eigenvalue weighted by Gasteiger charge is -2.02. The molecule has 0 aliphatic heterocycles. The Bertz CT molecular complexity index is 664. The lowest BCUT2D eigenvalue weighted by atomic mass is 10.0. The van der Waals surface area contributed by atoms with Gasteiger partial charge in [-0.15, -0.1) is 0 Å². The standard InChI is InChI=1S/C17H14.C2H6/c1-3-4-9-14-12(2)15-10-5-7-13-8-6-11-16(14)17(13)15;1-2/h3-11H,1H2,2H3;1-2H3/b9-4-;. The molecule has 19 heavy (non-hydrogen) atoms. The third-order valence-electron chi connectivity index (χ3n) is 3.40. The fourth-order valence-electron chi connectivity index (χ4n) is 2.60. The smallest absolute Gasteiger partial charge is 0.00299 e. The topological polar surface area (TPSA) is 0 Å². The van der Waals surface area contributed by atoms with Crippen LogP contribution in [0.5, 0.6) is 0 Å². The molecule has 2 aromatic carbocycles. The largest absolute Gasteiger partial charge is 0.0991 e. The Kier molecular flexibility index (Phi) is 4.01. The molecule has 3 rings (SSSR count). The summed E-state index contributed by atoms with van der Waals surface area (Å²) in [6.07, 6.45) is 5.98. The molecule has 0 radical (unpaired) electrons. The molecule has 96 valence electrons. The van der Waals surface area contributed by atoms with Crippen molar-refractivity contribution >= 4 is 21.9 Å². The van der Waals surface area contributed by atoms with E-state index < -0.39 is 0 Å². The molecule has 0 amide bonds. The molecule has 0 atom stereocenters. The molecule has 0 aromatic heterocycles. The van der Waals surface area contributed by atoms with Crippen LogP contribution < -0.4 is 0 Å². The number of hydrogen-bond donors (Lipinski definition) is 0. The highest BCUT2D eigenvalue weighted by atomic mass is 14.2. The Balaban J connectivity index is 0.000000637. The number of hydrogen-bond acceptors (Lipinski definition) is 0. The number of benzene rings is 2. The summed E-state index contributed by atoms with van der Waals surface area (Å²) in [5, 5.41) is 2.71. The fourth-order valence-corrected chi connectivity index (χ4v) is 2.60. The highest BCUT2D eigenvalue weighted by molar-refractivity contribution is 6.15. The second kappa shape index (κ2) is 5.71. The molecule has 1 aliphatic rings. The molecule has 0 nitrogen and oxygen atoms in total. The Morgan fingerprint density at radius 3 is 2.21 bits per heavy atom. The van der Waals surface area contributed by atoms with Gasteiger partial charge in [-0.3, -0.25) is 0 Å². The van der Waals surface area contributed by atoms with E-state index in [9.17, 15) is 0 Å². The predicted molar refractivity (Wildman–Crippen MR) is 87.1 cm³/mol. The maximum absolute atomic E-state index is 3.74. The van der Waals surface area contributed by atoms with Crippen molar-refractivity contribution in [2.24, 2.45) is 0 Å². The third kappa shape index (κ3) is 2.15. The number of rotatable bonds is 2. The summed E-state index contributed by atoms with van der Waals surface area (Å²) in [6.45, 7) is 9.93. The first-order chi connectivity index (χ1) is 9.33. The lowest BCUT2D eigenvalue weighted by molar-refractivity contribution is 1.50. The molecule has 0 heterocycles. The Labute approximate surface area is 115 Å².